The third kappa shape index (κ3) is 2.26. The van der Waals surface area contributed by atoms with Gasteiger partial charge in [-0.15, -0.1) is 0 Å². The lowest BCUT2D eigenvalue weighted by atomic mass is 9.51. The average Bonchev–Trinajstić information content (AvgIpc) is 3.61. The normalized spacial score (nSPS) is 46.5. The van der Waals surface area contributed by atoms with Crippen LogP contribution in [0.2, 0.25) is 0 Å². The number of methoxy groups -OCH3 is 1. The summed E-state index contributed by atoms with van der Waals surface area (Å²) in [6.07, 6.45) is 14.2. The maximum absolute atomic E-state index is 13.9. The highest BCUT2D eigenvalue weighted by Crippen LogP contribution is 2.84. The van der Waals surface area contributed by atoms with E-state index in [1.165, 1.54) is 6.26 Å². The van der Waals surface area contributed by atoms with Gasteiger partial charge in [-0.05, 0) is 55.4 Å². The Kier molecular flexibility index (Phi) is 4.35. The summed E-state index contributed by atoms with van der Waals surface area (Å²) in [5, 5.41) is 0. The molecule has 0 spiro atoms. The summed E-state index contributed by atoms with van der Waals surface area (Å²) in [6, 6.07) is 8.18. The first-order valence-electron chi connectivity index (χ1n) is 13.1. The maximum Gasteiger partial charge on any atom is 0.338 e. The summed E-state index contributed by atoms with van der Waals surface area (Å²) in [4.78, 5) is 26.4. The minimum absolute atomic E-state index is 0.0235. The number of fused-ring (bicyclic) bond motifs is 3. The smallest absolute Gasteiger partial charge is 0.338 e. The van der Waals surface area contributed by atoms with Gasteiger partial charge in [0, 0.05) is 16.7 Å². The molecule has 6 aliphatic rings. The van der Waals surface area contributed by atoms with Crippen molar-refractivity contribution in [2.45, 2.75) is 63.8 Å². The molecule has 0 radical (unpaired) electrons. The Morgan fingerprint density at radius 3 is 2.58 bits per heavy atom. The Morgan fingerprint density at radius 2 is 1.81 bits per heavy atom. The van der Waals surface area contributed by atoms with Crippen LogP contribution in [-0.4, -0.2) is 31.4 Å². The Bertz CT molecular complexity index is 1240. The zero-order valence-corrected chi connectivity index (χ0v) is 21.0. The van der Waals surface area contributed by atoms with Gasteiger partial charge >= 0.3 is 11.9 Å². The van der Waals surface area contributed by atoms with Crippen LogP contribution >= 0.6 is 0 Å². The molecule has 2 saturated heterocycles. The number of rotatable bonds is 4. The number of carbonyl (C=O) groups excluding carboxylic acids is 2. The Morgan fingerprint density at radius 1 is 1.03 bits per heavy atom. The molecule has 1 aromatic rings. The standard InChI is InChI=1S/C30H32O6/c1-27-13-4-5-14-29(27)15-16-30(27,18-9-11-19(33-3)12-10-18)28(2)23(29)25(36-26(28)32)34-17-21-20-7-6-8-22(20)35-24(21)31/h6,8-12,15-17,20,22-23,25H,4-5,7,13-14H2,1-3H3/b21-17+/t20-,22-,23-,25+,27-,28-,29+,30-/m0/s1. The minimum Gasteiger partial charge on any atom is -0.497 e. The number of allylic oxidation sites excluding steroid dienone is 3. The van der Waals surface area contributed by atoms with E-state index in [1.807, 2.05) is 24.3 Å². The van der Waals surface area contributed by atoms with Crippen molar-refractivity contribution in [3.05, 3.63) is 66.0 Å². The van der Waals surface area contributed by atoms with Crippen LogP contribution in [0.5, 0.6) is 5.75 Å². The number of benzene rings is 1. The van der Waals surface area contributed by atoms with E-state index < -0.39 is 17.1 Å². The number of hydrogen-bond acceptors (Lipinski definition) is 6. The second kappa shape index (κ2) is 7.05. The second-order valence-electron chi connectivity index (χ2n) is 11.8. The molecular formula is C30H32O6. The fourth-order valence-corrected chi connectivity index (χ4v) is 9.25. The van der Waals surface area contributed by atoms with E-state index >= 15 is 0 Å². The van der Waals surface area contributed by atoms with Gasteiger partial charge in [0.05, 0.1) is 30.3 Å². The van der Waals surface area contributed by atoms with E-state index in [9.17, 15) is 9.59 Å². The van der Waals surface area contributed by atoms with Crippen molar-refractivity contribution < 1.29 is 28.5 Å². The molecule has 6 heteroatoms. The summed E-state index contributed by atoms with van der Waals surface area (Å²) >= 11 is 0. The molecule has 4 fully saturated rings. The van der Waals surface area contributed by atoms with Gasteiger partial charge in [-0.1, -0.05) is 50.1 Å². The minimum atomic E-state index is -0.799. The molecule has 2 bridgehead atoms. The Balaban J connectivity index is 1.34. The molecule has 0 N–H and O–H groups in total. The highest BCUT2D eigenvalue weighted by Gasteiger charge is 2.86. The van der Waals surface area contributed by atoms with Crippen LogP contribution in [0.1, 0.15) is 51.5 Å². The van der Waals surface area contributed by atoms with Crippen molar-refractivity contribution >= 4 is 11.9 Å². The van der Waals surface area contributed by atoms with Gasteiger partial charge in [-0.3, -0.25) is 4.79 Å². The van der Waals surface area contributed by atoms with Crippen LogP contribution in [0.4, 0.5) is 0 Å². The lowest BCUT2D eigenvalue weighted by molar-refractivity contribution is -0.169. The molecule has 1 aromatic carbocycles. The fourth-order valence-electron chi connectivity index (χ4n) is 9.25. The molecule has 2 saturated carbocycles. The van der Waals surface area contributed by atoms with E-state index in [1.54, 1.807) is 7.11 Å². The van der Waals surface area contributed by atoms with Crippen LogP contribution in [-0.2, 0) is 29.2 Å². The van der Waals surface area contributed by atoms with Crippen LogP contribution in [0, 0.1) is 28.1 Å². The van der Waals surface area contributed by atoms with Gasteiger partial charge in [-0.25, -0.2) is 4.79 Å². The topological polar surface area (TPSA) is 71.1 Å². The second-order valence-corrected chi connectivity index (χ2v) is 11.8. The van der Waals surface area contributed by atoms with E-state index in [-0.39, 0.29) is 40.7 Å². The first kappa shape index (κ1) is 22.2. The van der Waals surface area contributed by atoms with Crippen molar-refractivity contribution in [3.8, 4) is 5.75 Å². The number of ether oxygens (including phenoxy) is 4. The fraction of sp³-hybridized carbons (Fsp3) is 0.533. The molecule has 6 nitrogen and oxygen atoms in total. The zero-order valence-electron chi connectivity index (χ0n) is 21.0. The molecule has 188 valence electrons. The van der Waals surface area contributed by atoms with Gasteiger partial charge in [0.2, 0.25) is 6.29 Å². The molecule has 7 rings (SSSR count). The van der Waals surface area contributed by atoms with Crippen LogP contribution in [0.3, 0.4) is 0 Å². The molecule has 8 atom stereocenters. The summed E-state index contributed by atoms with van der Waals surface area (Å²) < 4.78 is 23.3. The number of carbonyl (C=O) groups is 2. The zero-order chi connectivity index (χ0) is 24.9. The molecule has 4 aliphatic carbocycles. The molecular weight excluding hydrogens is 456 g/mol. The van der Waals surface area contributed by atoms with Crippen molar-refractivity contribution in [1.82, 2.24) is 0 Å². The van der Waals surface area contributed by atoms with E-state index in [4.69, 9.17) is 18.9 Å². The van der Waals surface area contributed by atoms with Crippen molar-refractivity contribution in [1.29, 1.82) is 0 Å². The molecule has 0 unspecified atom stereocenters. The maximum atomic E-state index is 13.9. The van der Waals surface area contributed by atoms with Crippen LogP contribution in [0.25, 0.3) is 0 Å². The van der Waals surface area contributed by atoms with Crippen LogP contribution < -0.4 is 4.74 Å². The monoisotopic (exact) mass is 488 g/mol. The molecule has 0 aromatic heterocycles. The van der Waals surface area contributed by atoms with Gasteiger partial charge in [-0.2, -0.15) is 0 Å². The van der Waals surface area contributed by atoms with Crippen molar-refractivity contribution in [3.63, 3.8) is 0 Å². The summed E-state index contributed by atoms with van der Waals surface area (Å²) in [5.74, 6) is 0.0401. The molecule has 2 aliphatic heterocycles. The van der Waals surface area contributed by atoms with Gasteiger partial charge in [0.15, 0.2) is 0 Å². The number of hydrogen-bond donors (Lipinski definition) is 0. The lowest BCUT2D eigenvalue weighted by Gasteiger charge is -2.52. The Hall–Kier alpha value is -3.02. The summed E-state index contributed by atoms with van der Waals surface area (Å²) in [7, 11) is 1.66. The molecule has 0 amide bonds. The van der Waals surface area contributed by atoms with Gasteiger partial charge < -0.3 is 18.9 Å². The van der Waals surface area contributed by atoms with E-state index in [2.05, 4.69) is 38.1 Å². The highest BCUT2D eigenvalue weighted by atomic mass is 16.7. The van der Waals surface area contributed by atoms with Crippen molar-refractivity contribution in [2.75, 3.05) is 7.11 Å². The summed E-state index contributed by atoms with van der Waals surface area (Å²) in [6.45, 7) is 4.45. The highest BCUT2D eigenvalue weighted by molar-refractivity contribution is 5.92. The third-order valence-electron chi connectivity index (χ3n) is 10.8. The third-order valence-corrected chi connectivity index (χ3v) is 10.8. The average molecular weight is 489 g/mol. The largest absolute Gasteiger partial charge is 0.497 e. The quantitative estimate of drug-likeness (QED) is 0.257. The first-order valence-corrected chi connectivity index (χ1v) is 13.1. The molecule has 36 heavy (non-hydrogen) atoms. The SMILES string of the molecule is COc1ccc([C@@]23C=C[C@]4(CCCC[C@]24C)[C@H]2[C@H](O/C=C4/C(=O)O[C@H]5C=CC[C@@H]45)OC(=O)[C@]23C)cc1. The van der Waals surface area contributed by atoms with E-state index in [0.717, 1.165) is 43.4 Å². The number of cyclic esters (lactones) is 1. The first-order chi connectivity index (χ1) is 17.3. The summed E-state index contributed by atoms with van der Waals surface area (Å²) in [5.41, 5.74) is -0.0671. The predicted octanol–water partition coefficient (Wildman–Crippen LogP) is 4.99. The van der Waals surface area contributed by atoms with Gasteiger partial charge in [0.25, 0.3) is 0 Å². The van der Waals surface area contributed by atoms with Crippen LogP contribution in [0.15, 0.2) is 60.4 Å². The molecule has 2 heterocycles. The van der Waals surface area contributed by atoms with Crippen molar-refractivity contribution in [2.24, 2.45) is 28.1 Å². The Labute approximate surface area is 211 Å². The lowest BCUT2D eigenvalue weighted by Crippen LogP contribution is -2.51. The van der Waals surface area contributed by atoms with E-state index in [0.29, 0.717) is 5.57 Å². The number of esters is 2. The predicted molar refractivity (Wildman–Crippen MR) is 131 cm³/mol. The van der Waals surface area contributed by atoms with Gasteiger partial charge in [0.1, 0.15) is 11.9 Å².